The Bertz CT molecular complexity index is 544. The van der Waals surface area contributed by atoms with Gasteiger partial charge in [0.1, 0.15) is 5.82 Å². The maximum Gasteiger partial charge on any atom is 0.328 e. The number of aliphatic hydroxyl groups is 1. The number of carboxylic acid groups (broad SMARTS) is 1. The normalized spacial score (nSPS) is 19.0. The molecule has 1 aliphatic rings. The fourth-order valence-electron chi connectivity index (χ4n) is 2.40. The number of piperidine rings is 1. The van der Waals surface area contributed by atoms with E-state index < -0.39 is 11.6 Å². The van der Waals surface area contributed by atoms with Gasteiger partial charge in [-0.05, 0) is 37.5 Å². The molecular weight excluding hydrogens is 273 g/mol. The van der Waals surface area contributed by atoms with E-state index in [2.05, 4.69) is 4.90 Å². The van der Waals surface area contributed by atoms with Crippen LogP contribution in [0.4, 0.5) is 4.39 Å². The summed E-state index contributed by atoms with van der Waals surface area (Å²) in [5.74, 6) is -1.39. The summed E-state index contributed by atoms with van der Waals surface area (Å²) in [6.45, 7) is 3.82. The van der Waals surface area contributed by atoms with Gasteiger partial charge in [-0.1, -0.05) is 12.1 Å². The van der Waals surface area contributed by atoms with E-state index in [0.717, 1.165) is 19.2 Å². The van der Waals surface area contributed by atoms with Crippen molar-refractivity contribution in [2.24, 2.45) is 0 Å². The summed E-state index contributed by atoms with van der Waals surface area (Å²) in [5, 5.41) is 18.4. The van der Waals surface area contributed by atoms with Crippen LogP contribution >= 0.6 is 0 Å². The van der Waals surface area contributed by atoms with Crippen molar-refractivity contribution < 1.29 is 19.4 Å². The number of carbonyl (C=O) groups is 1. The number of hydrogen-bond acceptors (Lipinski definition) is 3. The van der Waals surface area contributed by atoms with Gasteiger partial charge in [-0.15, -0.1) is 0 Å². The Kier molecular flexibility index (Phi) is 4.75. The third-order valence-electron chi connectivity index (χ3n) is 3.82. The predicted octanol–water partition coefficient (Wildman–Crippen LogP) is 2.27. The molecule has 0 amide bonds. The van der Waals surface area contributed by atoms with Crippen LogP contribution in [-0.2, 0) is 11.3 Å². The van der Waals surface area contributed by atoms with Gasteiger partial charge in [0, 0.05) is 31.3 Å². The minimum Gasteiger partial charge on any atom is -0.478 e. The van der Waals surface area contributed by atoms with Crippen LogP contribution in [0.1, 0.15) is 30.9 Å². The molecule has 2 N–H and O–H groups in total. The molecule has 1 aliphatic heterocycles. The number of benzene rings is 1. The zero-order valence-electron chi connectivity index (χ0n) is 12.1. The van der Waals surface area contributed by atoms with Crippen LogP contribution < -0.4 is 0 Å². The van der Waals surface area contributed by atoms with Crippen LogP contribution in [0.25, 0.3) is 6.08 Å². The minimum atomic E-state index is -1.06. The van der Waals surface area contributed by atoms with E-state index in [0.29, 0.717) is 30.5 Å². The van der Waals surface area contributed by atoms with Crippen molar-refractivity contribution in [1.82, 2.24) is 4.90 Å². The number of rotatable bonds is 4. The Morgan fingerprint density at radius 3 is 2.67 bits per heavy atom. The van der Waals surface area contributed by atoms with Crippen LogP contribution in [0.3, 0.4) is 0 Å². The molecule has 1 fully saturated rings. The average Bonchev–Trinajstić information content (AvgIpc) is 2.41. The Morgan fingerprint density at radius 1 is 1.43 bits per heavy atom. The molecule has 114 valence electrons. The molecule has 0 aromatic heterocycles. The molecule has 2 rings (SSSR count). The maximum atomic E-state index is 14.0. The van der Waals surface area contributed by atoms with Gasteiger partial charge in [-0.2, -0.15) is 0 Å². The Labute approximate surface area is 123 Å². The minimum absolute atomic E-state index is 0.333. The average molecular weight is 293 g/mol. The highest BCUT2D eigenvalue weighted by Gasteiger charge is 2.27. The van der Waals surface area contributed by atoms with E-state index in [4.69, 9.17) is 5.11 Å². The first-order valence-corrected chi connectivity index (χ1v) is 7.00. The van der Waals surface area contributed by atoms with E-state index in [1.54, 1.807) is 12.1 Å². The van der Waals surface area contributed by atoms with Gasteiger partial charge in [0.25, 0.3) is 0 Å². The lowest BCUT2D eigenvalue weighted by molar-refractivity contribution is -0.131. The van der Waals surface area contributed by atoms with Gasteiger partial charge in [-0.25, -0.2) is 9.18 Å². The maximum absolute atomic E-state index is 14.0. The zero-order chi connectivity index (χ0) is 15.5. The largest absolute Gasteiger partial charge is 0.478 e. The van der Waals surface area contributed by atoms with Crippen molar-refractivity contribution in [3.05, 3.63) is 41.2 Å². The standard InChI is InChI=1S/C16H20FNO3/c1-16(21)6-8-18(9-7-16)11-13-4-2-12(10-14(13)17)3-5-15(19)20/h2-5,10,21H,6-9,11H2,1H3,(H,19,20)/b5-3+. The third-order valence-corrected chi connectivity index (χ3v) is 3.82. The lowest BCUT2D eigenvalue weighted by Gasteiger charge is -2.35. The van der Waals surface area contributed by atoms with Crippen molar-refractivity contribution in [3.8, 4) is 0 Å². The first-order valence-electron chi connectivity index (χ1n) is 7.00. The van der Waals surface area contributed by atoms with E-state index in [-0.39, 0.29) is 5.82 Å². The molecule has 1 aromatic carbocycles. The van der Waals surface area contributed by atoms with Gasteiger partial charge >= 0.3 is 5.97 Å². The molecule has 1 aromatic rings. The van der Waals surface area contributed by atoms with Gasteiger partial charge in [0.15, 0.2) is 0 Å². The quantitative estimate of drug-likeness (QED) is 0.836. The molecule has 1 heterocycles. The first kappa shape index (κ1) is 15.7. The van der Waals surface area contributed by atoms with Crippen LogP contribution in [-0.4, -0.2) is 39.8 Å². The van der Waals surface area contributed by atoms with Crippen molar-refractivity contribution >= 4 is 12.0 Å². The second-order valence-corrected chi connectivity index (χ2v) is 5.80. The summed E-state index contributed by atoms with van der Waals surface area (Å²) in [5.41, 5.74) is 0.504. The summed E-state index contributed by atoms with van der Waals surface area (Å²) in [6.07, 6.45) is 3.73. The second kappa shape index (κ2) is 6.37. The number of hydrogen-bond donors (Lipinski definition) is 2. The fourth-order valence-corrected chi connectivity index (χ4v) is 2.40. The molecule has 0 radical (unpaired) electrons. The topological polar surface area (TPSA) is 60.8 Å². The SMILES string of the molecule is CC1(O)CCN(Cc2ccc(/C=C/C(=O)O)cc2F)CC1. The highest BCUT2D eigenvalue weighted by molar-refractivity contribution is 5.85. The van der Waals surface area contributed by atoms with Crippen LogP contribution in [0.2, 0.25) is 0 Å². The summed E-state index contributed by atoms with van der Waals surface area (Å²) >= 11 is 0. The molecule has 0 unspecified atom stereocenters. The Hall–Kier alpha value is -1.72. The lowest BCUT2D eigenvalue weighted by Crippen LogP contribution is -2.42. The molecule has 0 bridgehead atoms. The third kappa shape index (κ3) is 4.65. The van der Waals surface area contributed by atoms with E-state index in [9.17, 15) is 14.3 Å². The Morgan fingerprint density at radius 2 is 2.10 bits per heavy atom. The van der Waals surface area contributed by atoms with E-state index in [1.807, 2.05) is 6.92 Å². The summed E-state index contributed by atoms with van der Waals surface area (Å²) in [7, 11) is 0. The van der Waals surface area contributed by atoms with Crippen molar-refractivity contribution in [2.45, 2.75) is 31.9 Å². The van der Waals surface area contributed by atoms with Gasteiger partial charge < -0.3 is 10.2 Å². The van der Waals surface area contributed by atoms with E-state index in [1.165, 1.54) is 12.1 Å². The van der Waals surface area contributed by atoms with Crippen LogP contribution in [0.5, 0.6) is 0 Å². The monoisotopic (exact) mass is 293 g/mol. The van der Waals surface area contributed by atoms with Gasteiger partial charge in [0.2, 0.25) is 0 Å². The highest BCUT2D eigenvalue weighted by atomic mass is 19.1. The Balaban J connectivity index is 2.00. The number of likely N-dealkylation sites (tertiary alicyclic amines) is 1. The molecule has 21 heavy (non-hydrogen) atoms. The van der Waals surface area contributed by atoms with E-state index >= 15 is 0 Å². The molecule has 4 nitrogen and oxygen atoms in total. The number of carboxylic acids is 1. The second-order valence-electron chi connectivity index (χ2n) is 5.80. The molecule has 1 saturated heterocycles. The highest BCUT2D eigenvalue weighted by Crippen LogP contribution is 2.23. The van der Waals surface area contributed by atoms with Gasteiger partial charge in [0.05, 0.1) is 5.60 Å². The molecule has 0 spiro atoms. The van der Waals surface area contributed by atoms with Crippen LogP contribution in [0, 0.1) is 5.82 Å². The number of halogens is 1. The summed E-state index contributed by atoms with van der Waals surface area (Å²) in [4.78, 5) is 12.5. The van der Waals surface area contributed by atoms with Crippen molar-refractivity contribution in [3.63, 3.8) is 0 Å². The predicted molar refractivity (Wildman–Crippen MR) is 78.2 cm³/mol. The molecule has 0 aliphatic carbocycles. The molecule has 0 atom stereocenters. The first-order chi connectivity index (χ1) is 9.85. The molecular formula is C16H20FNO3. The lowest BCUT2D eigenvalue weighted by atomic mass is 9.93. The summed E-state index contributed by atoms with van der Waals surface area (Å²) in [6, 6.07) is 4.73. The fraction of sp³-hybridized carbons (Fsp3) is 0.438. The number of aliphatic carboxylic acids is 1. The van der Waals surface area contributed by atoms with Crippen molar-refractivity contribution in [2.75, 3.05) is 13.1 Å². The smallest absolute Gasteiger partial charge is 0.328 e. The van der Waals surface area contributed by atoms with Crippen molar-refractivity contribution in [1.29, 1.82) is 0 Å². The number of nitrogens with zero attached hydrogens (tertiary/aromatic N) is 1. The zero-order valence-corrected chi connectivity index (χ0v) is 12.1. The molecule has 5 heteroatoms. The summed E-state index contributed by atoms with van der Waals surface area (Å²) < 4.78 is 14.0. The molecule has 0 saturated carbocycles. The van der Waals surface area contributed by atoms with Gasteiger partial charge in [-0.3, -0.25) is 4.90 Å². The van der Waals surface area contributed by atoms with Crippen LogP contribution in [0.15, 0.2) is 24.3 Å².